The van der Waals surface area contributed by atoms with Crippen LogP contribution in [0.15, 0.2) is 40.9 Å². The molecule has 0 aliphatic carbocycles. The zero-order valence-corrected chi connectivity index (χ0v) is 12.9. The highest BCUT2D eigenvalue weighted by Crippen LogP contribution is 2.26. The molecule has 0 bridgehead atoms. The molecular weight excluding hydrogens is 339 g/mol. The van der Waals surface area contributed by atoms with Gasteiger partial charge in [0.15, 0.2) is 0 Å². The van der Waals surface area contributed by atoms with Crippen LogP contribution in [0.4, 0.5) is 15.8 Å². The van der Waals surface area contributed by atoms with E-state index in [4.69, 9.17) is 10.5 Å². The van der Waals surface area contributed by atoms with Gasteiger partial charge in [-0.05, 0) is 30.3 Å². The Hall–Kier alpha value is -1.92. The second kappa shape index (κ2) is 6.69. The van der Waals surface area contributed by atoms with Gasteiger partial charge in [-0.3, -0.25) is 4.79 Å². The van der Waals surface area contributed by atoms with Crippen molar-refractivity contribution in [3.8, 4) is 0 Å². The minimum Gasteiger partial charge on any atom is -0.399 e. The predicted molar refractivity (Wildman–Crippen MR) is 83.6 cm³/mol. The van der Waals surface area contributed by atoms with Crippen LogP contribution in [-0.4, -0.2) is 13.0 Å². The van der Waals surface area contributed by atoms with E-state index < -0.39 is 11.7 Å². The number of carbonyl (C=O) groups is 1. The Bertz CT molecular complexity index is 677. The van der Waals surface area contributed by atoms with Gasteiger partial charge in [0, 0.05) is 28.5 Å². The molecule has 110 valence electrons. The topological polar surface area (TPSA) is 64.3 Å². The molecule has 0 heterocycles. The minimum absolute atomic E-state index is 0.0625. The van der Waals surface area contributed by atoms with E-state index in [-0.39, 0.29) is 11.3 Å². The third-order valence-electron chi connectivity index (χ3n) is 2.89. The average Bonchev–Trinajstić information content (AvgIpc) is 2.42. The van der Waals surface area contributed by atoms with Crippen molar-refractivity contribution in [3.63, 3.8) is 0 Å². The van der Waals surface area contributed by atoms with Crippen molar-refractivity contribution in [3.05, 3.63) is 57.8 Å². The largest absolute Gasteiger partial charge is 0.399 e. The first kappa shape index (κ1) is 15.5. The van der Waals surface area contributed by atoms with Crippen LogP contribution in [0, 0.1) is 5.82 Å². The summed E-state index contributed by atoms with van der Waals surface area (Å²) < 4.78 is 19.7. The Morgan fingerprint density at radius 1 is 1.38 bits per heavy atom. The summed E-state index contributed by atoms with van der Waals surface area (Å²) in [7, 11) is 1.56. The summed E-state index contributed by atoms with van der Waals surface area (Å²) in [4.78, 5) is 12.2. The molecule has 21 heavy (non-hydrogen) atoms. The van der Waals surface area contributed by atoms with Gasteiger partial charge in [0.25, 0.3) is 5.91 Å². The molecule has 3 N–H and O–H groups in total. The molecule has 6 heteroatoms. The lowest BCUT2D eigenvalue weighted by Crippen LogP contribution is -2.15. The molecule has 4 nitrogen and oxygen atoms in total. The molecule has 0 unspecified atom stereocenters. The number of hydrogen-bond acceptors (Lipinski definition) is 3. The Balaban J connectivity index is 2.29. The van der Waals surface area contributed by atoms with Gasteiger partial charge in [-0.2, -0.15) is 0 Å². The number of benzene rings is 2. The van der Waals surface area contributed by atoms with Gasteiger partial charge in [-0.1, -0.05) is 22.0 Å². The summed E-state index contributed by atoms with van der Waals surface area (Å²) >= 11 is 3.40. The molecular formula is C15H14BrFN2O2. The van der Waals surface area contributed by atoms with Crippen LogP contribution in [0.3, 0.4) is 0 Å². The van der Waals surface area contributed by atoms with Gasteiger partial charge in [-0.25, -0.2) is 4.39 Å². The molecule has 0 aliphatic heterocycles. The fourth-order valence-corrected chi connectivity index (χ4v) is 2.35. The Labute approximate surface area is 130 Å². The molecule has 0 fully saturated rings. The van der Waals surface area contributed by atoms with E-state index in [2.05, 4.69) is 21.2 Å². The normalized spacial score (nSPS) is 10.4. The summed E-state index contributed by atoms with van der Waals surface area (Å²) in [6.07, 6.45) is 0. The highest BCUT2D eigenvalue weighted by molar-refractivity contribution is 9.10. The number of methoxy groups -OCH3 is 1. The van der Waals surface area contributed by atoms with E-state index in [1.165, 1.54) is 12.1 Å². The van der Waals surface area contributed by atoms with Crippen molar-refractivity contribution in [2.75, 3.05) is 18.2 Å². The smallest absolute Gasteiger partial charge is 0.258 e. The Morgan fingerprint density at radius 3 is 2.81 bits per heavy atom. The van der Waals surface area contributed by atoms with Crippen molar-refractivity contribution in [1.29, 1.82) is 0 Å². The number of carbonyl (C=O) groups excluding carboxylic acids is 1. The second-order valence-corrected chi connectivity index (χ2v) is 5.25. The van der Waals surface area contributed by atoms with Gasteiger partial charge in [-0.15, -0.1) is 0 Å². The third kappa shape index (κ3) is 3.59. The summed E-state index contributed by atoms with van der Waals surface area (Å²) in [6.45, 7) is 0.321. The lowest BCUT2D eigenvalue weighted by atomic mass is 10.1. The maximum absolute atomic E-state index is 13.8. The summed E-state index contributed by atoms with van der Waals surface area (Å²) in [5, 5.41) is 2.68. The molecule has 1 amide bonds. The van der Waals surface area contributed by atoms with Gasteiger partial charge in [0.2, 0.25) is 0 Å². The van der Waals surface area contributed by atoms with E-state index in [1.54, 1.807) is 19.2 Å². The van der Waals surface area contributed by atoms with Crippen LogP contribution in [0.2, 0.25) is 0 Å². The molecule has 0 aliphatic rings. The molecule has 2 aromatic carbocycles. The highest BCUT2D eigenvalue weighted by atomic mass is 79.9. The van der Waals surface area contributed by atoms with Gasteiger partial charge in [0.05, 0.1) is 12.2 Å². The monoisotopic (exact) mass is 352 g/mol. The summed E-state index contributed by atoms with van der Waals surface area (Å²) in [5.74, 6) is -1.20. The predicted octanol–water partition coefficient (Wildman–Crippen LogP) is 3.57. The fraction of sp³-hybridized carbons (Fsp3) is 0.133. The van der Waals surface area contributed by atoms with E-state index in [0.717, 1.165) is 16.1 Å². The molecule has 0 saturated heterocycles. The first-order valence-electron chi connectivity index (χ1n) is 6.15. The zero-order chi connectivity index (χ0) is 15.4. The minimum atomic E-state index is -0.657. The lowest BCUT2D eigenvalue weighted by Gasteiger charge is -2.12. The van der Waals surface area contributed by atoms with E-state index in [9.17, 15) is 9.18 Å². The van der Waals surface area contributed by atoms with Gasteiger partial charge >= 0.3 is 0 Å². The van der Waals surface area contributed by atoms with Crippen molar-refractivity contribution >= 4 is 33.2 Å². The molecule has 2 rings (SSSR count). The molecule has 0 atom stereocenters. The number of hydrogen-bond donors (Lipinski definition) is 2. The fourth-order valence-electron chi connectivity index (χ4n) is 1.87. The number of nitrogens with one attached hydrogen (secondary N) is 1. The number of rotatable bonds is 4. The quantitative estimate of drug-likeness (QED) is 0.826. The Morgan fingerprint density at radius 2 is 2.14 bits per heavy atom. The van der Waals surface area contributed by atoms with E-state index in [0.29, 0.717) is 12.3 Å². The number of halogens is 2. The van der Waals surface area contributed by atoms with Crippen molar-refractivity contribution < 1.29 is 13.9 Å². The van der Waals surface area contributed by atoms with Crippen LogP contribution < -0.4 is 11.1 Å². The molecule has 2 aromatic rings. The second-order valence-electron chi connectivity index (χ2n) is 4.39. The van der Waals surface area contributed by atoms with E-state index >= 15 is 0 Å². The van der Waals surface area contributed by atoms with Crippen LogP contribution in [0.5, 0.6) is 0 Å². The van der Waals surface area contributed by atoms with Crippen LogP contribution in [0.25, 0.3) is 0 Å². The lowest BCUT2D eigenvalue weighted by molar-refractivity contribution is 0.102. The average molecular weight is 353 g/mol. The number of amides is 1. The number of ether oxygens (including phenoxy) is 1. The van der Waals surface area contributed by atoms with Gasteiger partial charge < -0.3 is 15.8 Å². The van der Waals surface area contributed by atoms with Gasteiger partial charge in [0.1, 0.15) is 5.82 Å². The number of nitrogens with two attached hydrogens (primary N) is 1. The summed E-state index contributed by atoms with van der Waals surface area (Å²) in [6, 6.07) is 9.30. The van der Waals surface area contributed by atoms with Crippen LogP contribution >= 0.6 is 15.9 Å². The zero-order valence-electron chi connectivity index (χ0n) is 11.3. The molecule has 0 radical (unpaired) electrons. The summed E-state index contributed by atoms with van der Waals surface area (Å²) in [5.41, 5.74) is 7.02. The molecule has 0 saturated carbocycles. The van der Waals surface area contributed by atoms with E-state index in [1.807, 2.05) is 6.07 Å². The standard InChI is InChI=1S/C15H14BrFN2O2/c1-21-8-11-12(16)3-2-4-14(11)19-15(20)10-6-5-9(18)7-13(10)17/h2-7H,8,18H2,1H3,(H,19,20). The van der Waals surface area contributed by atoms with Crippen LogP contribution in [0.1, 0.15) is 15.9 Å². The highest BCUT2D eigenvalue weighted by Gasteiger charge is 2.14. The number of nitrogen functional groups attached to an aromatic ring is 1. The van der Waals surface area contributed by atoms with Crippen LogP contribution in [-0.2, 0) is 11.3 Å². The number of anilines is 2. The first-order chi connectivity index (χ1) is 10.0. The third-order valence-corrected chi connectivity index (χ3v) is 3.64. The van der Waals surface area contributed by atoms with Crippen molar-refractivity contribution in [2.24, 2.45) is 0 Å². The maximum atomic E-state index is 13.8. The maximum Gasteiger partial charge on any atom is 0.258 e. The first-order valence-corrected chi connectivity index (χ1v) is 6.95. The molecule has 0 aromatic heterocycles. The molecule has 0 spiro atoms. The SMILES string of the molecule is COCc1c(Br)cccc1NC(=O)c1ccc(N)cc1F. The Kier molecular flexibility index (Phi) is 4.93. The van der Waals surface area contributed by atoms with Crippen molar-refractivity contribution in [2.45, 2.75) is 6.61 Å². The van der Waals surface area contributed by atoms with Crippen molar-refractivity contribution in [1.82, 2.24) is 0 Å².